The molecule has 4 N–H and O–H groups in total. The molecule has 1 amide bonds. The van der Waals surface area contributed by atoms with E-state index < -0.39 is 6.04 Å². The number of aromatic hydroxyl groups is 1. The predicted molar refractivity (Wildman–Crippen MR) is 68.9 cm³/mol. The largest absolute Gasteiger partial charge is 0.506 e. The van der Waals surface area contributed by atoms with E-state index in [0.717, 1.165) is 5.56 Å². The first-order chi connectivity index (χ1) is 7.90. The fourth-order valence-electron chi connectivity index (χ4n) is 1.59. The van der Waals surface area contributed by atoms with E-state index in [1.807, 2.05) is 20.8 Å². The summed E-state index contributed by atoms with van der Waals surface area (Å²) in [5.74, 6) is 0.155. The summed E-state index contributed by atoms with van der Waals surface area (Å²) in [6.45, 7) is 5.91. The van der Waals surface area contributed by atoms with Crippen molar-refractivity contribution in [2.24, 2.45) is 11.7 Å². The lowest BCUT2D eigenvalue weighted by molar-refractivity contribution is -0.117. The van der Waals surface area contributed by atoms with Crippen molar-refractivity contribution in [1.29, 1.82) is 0 Å². The van der Waals surface area contributed by atoms with Crippen LogP contribution in [0.3, 0.4) is 0 Å². The predicted octanol–water partition coefficient (Wildman–Crippen LogP) is 2.01. The zero-order chi connectivity index (χ0) is 13.0. The zero-order valence-corrected chi connectivity index (χ0v) is 10.5. The van der Waals surface area contributed by atoms with Crippen molar-refractivity contribution in [2.45, 2.75) is 33.2 Å². The summed E-state index contributed by atoms with van der Waals surface area (Å²) < 4.78 is 0. The van der Waals surface area contributed by atoms with Crippen LogP contribution in [0.25, 0.3) is 0 Å². The van der Waals surface area contributed by atoms with Crippen LogP contribution in [0.4, 0.5) is 5.69 Å². The Labute approximate surface area is 102 Å². The molecule has 0 spiro atoms. The molecule has 0 fully saturated rings. The number of phenols is 1. The zero-order valence-electron chi connectivity index (χ0n) is 10.5. The number of anilines is 1. The topological polar surface area (TPSA) is 75.3 Å². The standard InChI is InChI=1S/C13H20N2O2/c1-8(2)6-10(14)13(17)15-11-7-9(3)4-5-12(11)16/h4-5,7-8,10,16H,6,14H2,1-3H3,(H,15,17)/t10-/m1/s1. The molecular weight excluding hydrogens is 216 g/mol. The molecule has 0 heterocycles. The van der Waals surface area contributed by atoms with Crippen LogP contribution in [0, 0.1) is 12.8 Å². The molecule has 0 bridgehead atoms. The fourth-order valence-corrected chi connectivity index (χ4v) is 1.59. The van der Waals surface area contributed by atoms with Crippen molar-refractivity contribution in [2.75, 3.05) is 5.32 Å². The van der Waals surface area contributed by atoms with Crippen LogP contribution in [-0.2, 0) is 4.79 Å². The van der Waals surface area contributed by atoms with Gasteiger partial charge in [0.1, 0.15) is 5.75 Å². The Hall–Kier alpha value is -1.55. The second kappa shape index (κ2) is 5.68. The molecule has 0 aliphatic carbocycles. The second-order valence-electron chi connectivity index (χ2n) is 4.75. The van der Waals surface area contributed by atoms with E-state index in [-0.39, 0.29) is 11.7 Å². The smallest absolute Gasteiger partial charge is 0.241 e. The number of amides is 1. The van der Waals surface area contributed by atoms with Crippen LogP contribution in [0.5, 0.6) is 5.75 Å². The SMILES string of the molecule is Cc1ccc(O)c(NC(=O)[C@H](N)CC(C)C)c1. The first-order valence-corrected chi connectivity index (χ1v) is 5.76. The fraction of sp³-hybridized carbons (Fsp3) is 0.462. The molecule has 1 aromatic carbocycles. The van der Waals surface area contributed by atoms with E-state index in [1.165, 1.54) is 0 Å². The molecule has 1 aromatic rings. The number of nitrogens with one attached hydrogen (secondary N) is 1. The summed E-state index contributed by atoms with van der Waals surface area (Å²) >= 11 is 0. The third kappa shape index (κ3) is 4.07. The number of hydrogen-bond donors (Lipinski definition) is 3. The number of aryl methyl sites for hydroxylation is 1. The monoisotopic (exact) mass is 236 g/mol. The normalized spacial score (nSPS) is 12.5. The molecule has 0 radical (unpaired) electrons. The minimum Gasteiger partial charge on any atom is -0.506 e. The minimum atomic E-state index is -0.546. The van der Waals surface area contributed by atoms with Gasteiger partial charge in [-0.15, -0.1) is 0 Å². The molecule has 17 heavy (non-hydrogen) atoms. The van der Waals surface area contributed by atoms with Crippen LogP contribution in [-0.4, -0.2) is 17.1 Å². The van der Waals surface area contributed by atoms with E-state index in [2.05, 4.69) is 5.32 Å². The highest BCUT2D eigenvalue weighted by atomic mass is 16.3. The molecule has 4 heteroatoms. The molecule has 0 unspecified atom stereocenters. The van der Waals surface area contributed by atoms with E-state index in [0.29, 0.717) is 18.0 Å². The summed E-state index contributed by atoms with van der Waals surface area (Å²) in [4.78, 5) is 11.8. The molecule has 0 aromatic heterocycles. The highest BCUT2D eigenvalue weighted by Gasteiger charge is 2.16. The number of phenolic OH excluding ortho intramolecular Hbond substituents is 1. The number of nitrogens with two attached hydrogens (primary N) is 1. The molecule has 4 nitrogen and oxygen atoms in total. The van der Waals surface area contributed by atoms with Gasteiger partial charge in [-0.2, -0.15) is 0 Å². The number of benzene rings is 1. The van der Waals surface area contributed by atoms with Crippen molar-refractivity contribution in [1.82, 2.24) is 0 Å². The van der Waals surface area contributed by atoms with Crippen molar-refractivity contribution < 1.29 is 9.90 Å². The number of rotatable bonds is 4. The van der Waals surface area contributed by atoms with Gasteiger partial charge >= 0.3 is 0 Å². The quantitative estimate of drug-likeness (QED) is 0.700. The van der Waals surface area contributed by atoms with Gasteiger partial charge in [-0.05, 0) is 37.0 Å². The number of hydrogen-bond acceptors (Lipinski definition) is 3. The van der Waals surface area contributed by atoms with Gasteiger partial charge in [0, 0.05) is 0 Å². The Bertz CT molecular complexity index is 402. The van der Waals surface area contributed by atoms with Crippen LogP contribution in [0.15, 0.2) is 18.2 Å². The highest BCUT2D eigenvalue weighted by Crippen LogP contribution is 2.24. The molecule has 1 rings (SSSR count). The molecule has 0 saturated carbocycles. The van der Waals surface area contributed by atoms with E-state index >= 15 is 0 Å². The first-order valence-electron chi connectivity index (χ1n) is 5.76. The lowest BCUT2D eigenvalue weighted by Crippen LogP contribution is -2.36. The highest BCUT2D eigenvalue weighted by molar-refractivity contribution is 5.95. The Morgan fingerprint density at radius 3 is 2.71 bits per heavy atom. The van der Waals surface area contributed by atoms with Crippen molar-refractivity contribution in [3.05, 3.63) is 23.8 Å². The summed E-state index contributed by atoms with van der Waals surface area (Å²) in [5, 5.41) is 12.2. The van der Waals surface area contributed by atoms with Crippen LogP contribution < -0.4 is 11.1 Å². The van der Waals surface area contributed by atoms with Gasteiger partial charge in [0.25, 0.3) is 0 Å². The maximum atomic E-state index is 11.8. The van der Waals surface area contributed by atoms with Gasteiger partial charge in [0.15, 0.2) is 0 Å². The second-order valence-corrected chi connectivity index (χ2v) is 4.75. The Kier molecular flexibility index (Phi) is 4.52. The first kappa shape index (κ1) is 13.5. The average Bonchev–Trinajstić information content (AvgIpc) is 2.22. The van der Waals surface area contributed by atoms with Crippen LogP contribution in [0.2, 0.25) is 0 Å². The summed E-state index contributed by atoms with van der Waals surface area (Å²) in [6, 6.07) is 4.50. The minimum absolute atomic E-state index is 0.0562. The van der Waals surface area contributed by atoms with Crippen LogP contribution in [0.1, 0.15) is 25.8 Å². The maximum absolute atomic E-state index is 11.8. The third-order valence-electron chi connectivity index (χ3n) is 2.47. The Morgan fingerprint density at radius 1 is 1.47 bits per heavy atom. The maximum Gasteiger partial charge on any atom is 0.241 e. The van der Waals surface area contributed by atoms with Crippen molar-refractivity contribution in [3.63, 3.8) is 0 Å². The van der Waals surface area contributed by atoms with Gasteiger partial charge in [0.05, 0.1) is 11.7 Å². The van der Waals surface area contributed by atoms with Gasteiger partial charge < -0.3 is 16.2 Å². The summed E-state index contributed by atoms with van der Waals surface area (Å²) in [5.41, 5.74) is 7.14. The molecular formula is C13H20N2O2. The Morgan fingerprint density at radius 2 is 2.12 bits per heavy atom. The molecule has 94 valence electrons. The summed E-state index contributed by atoms with van der Waals surface area (Å²) in [7, 11) is 0. The molecule has 0 saturated heterocycles. The van der Waals surface area contributed by atoms with Crippen molar-refractivity contribution in [3.8, 4) is 5.75 Å². The van der Waals surface area contributed by atoms with Crippen molar-refractivity contribution >= 4 is 11.6 Å². The molecule has 0 aliphatic heterocycles. The lowest BCUT2D eigenvalue weighted by atomic mass is 10.0. The third-order valence-corrected chi connectivity index (χ3v) is 2.47. The molecule has 0 aliphatic rings. The Balaban J connectivity index is 2.70. The van der Waals surface area contributed by atoms with Gasteiger partial charge in [-0.25, -0.2) is 0 Å². The van der Waals surface area contributed by atoms with E-state index in [4.69, 9.17) is 5.73 Å². The summed E-state index contributed by atoms with van der Waals surface area (Å²) in [6.07, 6.45) is 0.623. The van der Waals surface area contributed by atoms with Crippen LogP contribution >= 0.6 is 0 Å². The average molecular weight is 236 g/mol. The van der Waals surface area contributed by atoms with Gasteiger partial charge in [-0.1, -0.05) is 19.9 Å². The van der Waals surface area contributed by atoms with E-state index in [9.17, 15) is 9.90 Å². The van der Waals surface area contributed by atoms with Gasteiger partial charge in [-0.3, -0.25) is 4.79 Å². The lowest BCUT2D eigenvalue weighted by Gasteiger charge is -2.15. The number of carbonyl (C=O) groups excluding carboxylic acids is 1. The van der Waals surface area contributed by atoms with Gasteiger partial charge in [0.2, 0.25) is 5.91 Å². The number of carbonyl (C=O) groups is 1. The van der Waals surface area contributed by atoms with E-state index in [1.54, 1.807) is 18.2 Å². The molecule has 1 atom stereocenters.